The average molecular weight is 392 g/mol. The molecule has 1 aliphatic rings. The smallest absolute Gasteiger partial charge is 0.309 e. The predicted octanol–water partition coefficient (Wildman–Crippen LogP) is 2.49. The van der Waals surface area contributed by atoms with E-state index in [1.54, 1.807) is 6.92 Å². The average Bonchev–Trinajstić information content (AvgIpc) is 3.01. The number of hydrogen-bond acceptors (Lipinski definition) is 5. The number of carbonyl (C=O) groups excluding carboxylic acids is 1. The first-order valence-corrected chi connectivity index (χ1v) is 9.23. The normalized spacial score (nSPS) is 15.1. The van der Waals surface area contributed by atoms with Crippen LogP contribution in [0.2, 0.25) is 5.02 Å². The zero-order valence-corrected chi connectivity index (χ0v) is 15.9. The number of carbonyl (C=O) groups is 1. The number of nitrogens with zero attached hydrogens (tertiary/aromatic N) is 5. The summed E-state index contributed by atoms with van der Waals surface area (Å²) in [6, 6.07) is 7.82. The minimum absolute atomic E-state index is 0.0166. The molecule has 1 amide bonds. The van der Waals surface area contributed by atoms with Gasteiger partial charge in [0.05, 0.1) is 11.5 Å². The highest BCUT2D eigenvalue weighted by atomic mass is 35.5. The third kappa shape index (κ3) is 4.84. The van der Waals surface area contributed by atoms with Gasteiger partial charge in [0.15, 0.2) is 0 Å². The Labute approximate surface area is 162 Å². The van der Waals surface area contributed by atoms with Gasteiger partial charge in [0.25, 0.3) is 0 Å². The number of piperazine rings is 1. The summed E-state index contributed by atoms with van der Waals surface area (Å²) in [6.07, 6.45) is 1.52. The van der Waals surface area contributed by atoms with Gasteiger partial charge in [-0.3, -0.25) is 24.5 Å². The zero-order chi connectivity index (χ0) is 19.4. The molecule has 0 saturated carbocycles. The van der Waals surface area contributed by atoms with E-state index in [0.29, 0.717) is 25.3 Å². The van der Waals surface area contributed by atoms with Crippen molar-refractivity contribution in [1.82, 2.24) is 19.6 Å². The lowest BCUT2D eigenvalue weighted by Crippen LogP contribution is -2.48. The van der Waals surface area contributed by atoms with E-state index in [1.165, 1.54) is 10.9 Å². The maximum atomic E-state index is 12.4. The molecule has 1 saturated heterocycles. The standard InChI is InChI=1S/C18H22ClN5O3/c1-14-17(24(26)27)12-20-23(14)6-5-18(25)22-9-7-21(8-10-22)13-15-3-2-4-16(19)11-15/h2-4,11-12H,5-10,13H2,1H3. The molecule has 1 aliphatic heterocycles. The van der Waals surface area contributed by atoms with Gasteiger partial charge in [-0.2, -0.15) is 5.10 Å². The number of halogens is 1. The Bertz CT molecular complexity index is 830. The molecule has 3 rings (SSSR count). The second-order valence-corrected chi connectivity index (χ2v) is 7.07. The van der Waals surface area contributed by atoms with E-state index < -0.39 is 4.92 Å². The molecule has 0 spiro atoms. The van der Waals surface area contributed by atoms with Crippen molar-refractivity contribution in [3.63, 3.8) is 0 Å². The molecule has 144 valence electrons. The summed E-state index contributed by atoms with van der Waals surface area (Å²) in [6.45, 7) is 5.79. The Hall–Kier alpha value is -2.45. The number of rotatable bonds is 6. The Morgan fingerprint density at radius 3 is 2.67 bits per heavy atom. The summed E-state index contributed by atoms with van der Waals surface area (Å²) in [4.78, 5) is 27.0. The molecule has 27 heavy (non-hydrogen) atoms. The predicted molar refractivity (Wildman–Crippen MR) is 102 cm³/mol. The van der Waals surface area contributed by atoms with Crippen molar-refractivity contribution in [2.45, 2.75) is 26.4 Å². The van der Waals surface area contributed by atoms with Crippen LogP contribution in [0.5, 0.6) is 0 Å². The zero-order valence-electron chi connectivity index (χ0n) is 15.2. The molecule has 0 N–H and O–H groups in total. The summed E-state index contributed by atoms with van der Waals surface area (Å²) in [5.41, 5.74) is 1.62. The molecule has 0 atom stereocenters. The van der Waals surface area contributed by atoms with E-state index >= 15 is 0 Å². The van der Waals surface area contributed by atoms with Crippen LogP contribution in [0, 0.1) is 17.0 Å². The minimum atomic E-state index is -0.459. The molecule has 1 fully saturated rings. The number of aromatic nitrogens is 2. The Morgan fingerprint density at radius 1 is 1.30 bits per heavy atom. The molecule has 8 nitrogen and oxygen atoms in total. The Balaban J connectivity index is 1.46. The lowest BCUT2D eigenvalue weighted by molar-refractivity contribution is -0.385. The second-order valence-electron chi connectivity index (χ2n) is 6.63. The fraction of sp³-hybridized carbons (Fsp3) is 0.444. The van der Waals surface area contributed by atoms with Crippen molar-refractivity contribution in [1.29, 1.82) is 0 Å². The molecule has 0 unspecified atom stereocenters. The van der Waals surface area contributed by atoms with E-state index in [9.17, 15) is 14.9 Å². The summed E-state index contributed by atoms with van der Waals surface area (Å²) in [5.74, 6) is 0.0509. The van der Waals surface area contributed by atoms with Crippen molar-refractivity contribution < 1.29 is 9.72 Å². The number of hydrogen-bond donors (Lipinski definition) is 0. The second kappa shape index (κ2) is 8.49. The lowest BCUT2D eigenvalue weighted by atomic mass is 10.2. The molecule has 1 aromatic heterocycles. The third-order valence-electron chi connectivity index (χ3n) is 4.83. The maximum absolute atomic E-state index is 12.4. The van der Waals surface area contributed by atoms with Gasteiger partial charge in [-0.25, -0.2) is 0 Å². The van der Waals surface area contributed by atoms with Gasteiger partial charge in [0.2, 0.25) is 5.91 Å². The van der Waals surface area contributed by atoms with Crippen LogP contribution in [0.3, 0.4) is 0 Å². The number of benzene rings is 1. The SMILES string of the molecule is Cc1c([N+](=O)[O-])cnn1CCC(=O)N1CCN(Cc2cccc(Cl)c2)CC1. The van der Waals surface area contributed by atoms with Crippen LogP contribution in [-0.2, 0) is 17.9 Å². The third-order valence-corrected chi connectivity index (χ3v) is 5.07. The molecule has 0 aliphatic carbocycles. The summed E-state index contributed by atoms with van der Waals surface area (Å²) < 4.78 is 1.52. The van der Waals surface area contributed by atoms with Gasteiger partial charge in [-0.05, 0) is 24.6 Å². The summed E-state index contributed by atoms with van der Waals surface area (Å²) >= 11 is 6.03. The molecule has 2 heterocycles. The highest BCUT2D eigenvalue weighted by Gasteiger charge is 2.22. The molecule has 2 aromatic rings. The van der Waals surface area contributed by atoms with E-state index in [4.69, 9.17) is 11.6 Å². The van der Waals surface area contributed by atoms with Crippen LogP contribution >= 0.6 is 11.6 Å². The van der Waals surface area contributed by atoms with Crippen LogP contribution in [0.4, 0.5) is 5.69 Å². The largest absolute Gasteiger partial charge is 0.340 e. The van der Waals surface area contributed by atoms with Gasteiger partial charge in [0, 0.05) is 44.2 Å². The highest BCUT2D eigenvalue weighted by molar-refractivity contribution is 6.30. The highest BCUT2D eigenvalue weighted by Crippen LogP contribution is 2.17. The molecule has 1 aromatic carbocycles. The molecular formula is C18H22ClN5O3. The van der Waals surface area contributed by atoms with Crippen LogP contribution in [-0.4, -0.2) is 56.6 Å². The van der Waals surface area contributed by atoms with Crippen LogP contribution in [0.1, 0.15) is 17.7 Å². The van der Waals surface area contributed by atoms with Gasteiger partial charge >= 0.3 is 5.69 Å². The van der Waals surface area contributed by atoms with Gasteiger partial charge in [-0.1, -0.05) is 23.7 Å². The fourth-order valence-electron chi connectivity index (χ4n) is 3.25. The fourth-order valence-corrected chi connectivity index (χ4v) is 3.46. The first-order chi connectivity index (χ1) is 12.9. The molecular weight excluding hydrogens is 370 g/mol. The lowest BCUT2D eigenvalue weighted by Gasteiger charge is -2.34. The summed E-state index contributed by atoms with van der Waals surface area (Å²) in [7, 11) is 0. The maximum Gasteiger partial charge on any atom is 0.309 e. The van der Waals surface area contributed by atoms with Crippen LogP contribution in [0.15, 0.2) is 30.5 Å². The number of nitro groups is 1. The monoisotopic (exact) mass is 391 g/mol. The van der Waals surface area contributed by atoms with Crippen LogP contribution in [0.25, 0.3) is 0 Å². The minimum Gasteiger partial charge on any atom is -0.340 e. The van der Waals surface area contributed by atoms with Crippen LogP contribution < -0.4 is 0 Å². The first kappa shape index (κ1) is 19.3. The van der Waals surface area contributed by atoms with E-state index in [-0.39, 0.29) is 18.0 Å². The number of amides is 1. The first-order valence-electron chi connectivity index (χ1n) is 8.85. The topological polar surface area (TPSA) is 84.5 Å². The molecule has 0 bridgehead atoms. The van der Waals surface area contributed by atoms with Crippen molar-refractivity contribution in [2.24, 2.45) is 0 Å². The van der Waals surface area contributed by atoms with E-state index in [1.807, 2.05) is 23.1 Å². The quantitative estimate of drug-likeness (QED) is 0.558. The van der Waals surface area contributed by atoms with Crippen molar-refractivity contribution in [3.05, 3.63) is 56.9 Å². The van der Waals surface area contributed by atoms with E-state index in [2.05, 4.69) is 16.1 Å². The van der Waals surface area contributed by atoms with Crippen molar-refractivity contribution in [2.75, 3.05) is 26.2 Å². The van der Waals surface area contributed by atoms with Gasteiger partial charge in [0.1, 0.15) is 11.9 Å². The van der Waals surface area contributed by atoms with Gasteiger partial charge < -0.3 is 4.90 Å². The summed E-state index contributed by atoms with van der Waals surface area (Å²) in [5, 5.41) is 15.6. The van der Waals surface area contributed by atoms with Gasteiger partial charge in [-0.15, -0.1) is 0 Å². The molecule has 9 heteroatoms. The van der Waals surface area contributed by atoms with E-state index in [0.717, 1.165) is 30.2 Å². The van der Waals surface area contributed by atoms with Crippen molar-refractivity contribution >= 4 is 23.2 Å². The van der Waals surface area contributed by atoms with Crippen molar-refractivity contribution in [3.8, 4) is 0 Å². The Morgan fingerprint density at radius 2 is 2.04 bits per heavy atom. The number of aryl methyl sites for hydroxylation is 1. The Kier molecular flexibility index (Phi) is 6.08. The molecule has 0 radical (unpaired) electrons.